The summed E-state index contributed by atoms with van der Waals surface area (Å²) in [6.45, 7) is 3.52. The van der Waals surface area contributed by atoms with Crippen molar-refractivity contribution in [2.45, 2.75) is 76.9 Å². The van der Waals surface area contributed by atoms with E-state index in [0.29, 0.717) is 18.6 Å². The molecule has 0 radical (unpaired) electrons. The Morgan fingerprint density at radius 2 is 1.81 bits per heavy atom. The molecule has 2 aromatic rings. The third-order valence-corrected chi connectivity index (χ3v) is 7.83. The monoisotopic (exact) mass is 454 g/mol. The van der Waals surface area contributed by atoms with E-state index in [4.69, 9.17) is 4.74 Å². The number of likely N-dealkylation sites (tertiary alicyclic amines) is 1. The quantitative estimate of drug-likeness (QED) is 0.458. The molecule has 0 bridgehead atoms. The number of ether oxygens (including phenoxy) is 1. The molecule has 0 spiro atoms. The Hall–Kier alpha value is -1.85. The lowest BCUT2D eigenvalue weighted by atomic mass is 9.87. The molecule has 2 fully saturated rings. The van der Waals surface area contributed by atoms with Crippen LogP contribution >= 0.6 is 11.3 Å². The molecule has 1 atom stereocenters. The molecular formula is C27H38N2O2S. The molecule has 4 nitrogen and oxygen atoms in total. The van der Waals surface area contributed by atoms with Gasteiger partial charge in [-0.1, -0.05) is 37.5 Å². The van der Waals surface area contributed by atoms with Gasteiger partial charge in [-0.25, -0.2) is 0 Å². The molecule has 1 aromatic carbocycles. The van der Waals surface area contributed by atoms with E-state index in [1.54, 1.807) is 0 Å². The SMILES string of the molecule is CN(Cc1ccc(OCCC2CCCCN2C(=O)C2CCCCC2)cc1)Cc1cccs1. The average molecular weight is 455 g/mol. The molecule has 1 aliphatic carbocycles. The Morgan fingerprint density at radius 3 is 2.56 bits per heavy atom. The summed E-state index contributed by atoms with van der Waals surface area (Å²) in [6.07, 6.45) is 10.4. The van der Waals surface area contributed by atoms with Crippen molar-refractivity contribution >= 4 is 17.2 Å². The van der Waals surface area contributed by atoms with Crippen LogP contribution in [0.15, 0.2) is 41.8 Å². The van der Waals surface area contributed by atoms with Crippen molar-refractivity contribution in [3.63, 3.8) is 0 Å². The fourth-order valence-corrected chi connectivity index (χ4v) is 6.00. The van der Waals surface area contributed by atoms with Crippen LogP contribution in [0.4, 0.5) is 0 Å². The first-order chi connectivity index (χ1) is 15.7. The summed E-state index contributed by atoms with van der Waals surface area (Å²) in [7, 11) is 2.16. The van der Waals surface area contributed by atoms with Crippen LogP contribution in [0, 0.1) is 5.92 Å². The number of thiophene rings is 1. The van der Waals surface area contributed by atoms with E-state index in [-0.39, 0.29) is 5.92 Å². The Balaban J connectivity index is 1.22. The second-order valence-corrected chi connectivity index (χ2v) is 10.6. The predicted molar refractivity (Wildman–Crippen MR) is 132 cm³/mol. The number of piperidine rings is 1. The zero-order valence-corrected chi connectivity index (χ0v) is 20.3. The highest BCUT2D eigenvalue weighted by Crippen LogP contribution is 2.29. The molecule has 1 amide bonds. The highest BCUT2D eigenvalue weighted by Gasteiger charge is 2.31. The zero-order valence-electron chi connectivity index (χ0n) is 19.5. The van der Waals surface area contributed by atoms with Crippen LogP contribution in [0.1, 0.15) is 68.2 Å². The van der Waals surface area contributed by atoms with Gasteiger partial charge in [-0.3, -0.25) is 9.69 Å². The molecule has 5 heteroatoms. The van der Waals surface area contributed by atoms with Gasteiger partial charge in [-0.05, 0) is 68.3 Å². The summed E-state index contributed by atoms with van der Waals surface area (Å²) in [5.41, 5.74) is 1.30. The van der Waals surface area contributed by atoms with Crippen molar-refractivity contribution in [2.24, 2.45) is 5.92 Å². The summed E-state index contributed by atoms with van der Waals surface area (Å²) in [4.78, 5) is 19.0. The van der Waals surface area contributed by atoms with Crippen molar-refractivity contribution < 1.29 is 9.53 Å². The Kier molecular flexibility index (Phi) is 8.63. The molecule has 1 saturated heterocycles. The summed E-state index contributed by atoms with van der Waals surface area (Å²) in [5.74, 6) is 1.62. The fourth-order valence-electron chi connectivity index (χ4n) is 5.21. The van der Waals surface area contributed by atoms with Gasteiger partial charge in [0.05, 0.1) is 6.61 Å². The van der Waals surface area contributed by atoms with Gasteiger partial charge >= 0.3 is 0 Å². The van der Waals surface area contributed by atoms with Gasteiger partial charge in [-0.15, -0.1) is 11.3 Å². The molecule has 0 N–H and O–H groups in total. The molecule has 4 rings (SSSR count). The molecule has 1 aromatic heterocycles. The lowest BCUT2D eigenvalue weighted by Gasteiger charge is -2.38. The first kappa shape index (κ1) is 23.3. The van der Waals surface area contributed by atoms with Crippen molar-refractivity contribution in [3.05, 3.63) is 52.2 Å². The maximum Gasteiger partial charge on any atom is 0.225 e. The molecule has 2 heterocycles. The number of hydrogen-bond acceptors (Lipinski definition) is 4. The van der Waals surface area contributed by atoms with Crippen LogP contribution in [0.25, 0.3) is 0 Å². The number of carbonyl (C=O) groups excluding carboxylic acids is 1. The number of benzene rings is 1. The largest absolute Gasteiger partial charge is 0.494 e. The fraction of sp³-hybridized carbons (Fsp3) is 0.593. The Morgan fingerprint density at radius 1 is 1.03 bits per heavy atom. The average Bonchev–Trinajstić information content (AvgIpc) is 3.33. The Labute approximate surface area is 197 Å². The van der Waals surface area contributed by atoms with E-state index < -0.39 is 0 Å². The second-order valence-electron chi connectivity index (χ2n) is 9.55. The van der Waals surface area contributed by atoms with E-state index in [2.05, 4.69) is 58.6 Å². The van der Waals surface area contributed by atoms with Gasteiger partial charge < -0.3 is 9.64 Å². The summed E-state index contributed by atoms with van der Waals surface area (Å²) in [5, 5.41) is 2.13. The van der Waals surface area contributed by atoms with E-state index in [0.717, 1.165) is 57.5 Å². The van der Waals surface area contributed by atoms with Gasteiger partial charge in [0.15, 0.2) is 0 Å². The minimum atomic E-state index is 0.274. The number of rotatable bonds is 9. The molecule has 32 heavy (non-hydrogen) atoms. The van der Waals surface area contributed by atoms with Crippen molar-refractivity contribution in [1.82, 2.24) is 9.80 Å². The van der Waals surface area contributed by atoms with E-state index in [9.17, 15) is 4.79 Å². The highest BCUT2D eigenvalue weighted by molar-refractivity contribution is 7.09. The minimum Gasteiger partial charge on any atom is -0.494 e. The third-order valence-electron chi connectivity index (χ3n) is 6.97. The van der Waals surface area contributed by atoms with E-state index in [1.165, 1.54) is 36.1 Å². The lowest BCUT2D eigenvalue weighted by molar-refractivity contribution is -0.140. The molecule has 1 unspecified atom stereocenters. The lowest BCUT2D eigenvalue weighted by Crippen LogP contribution is -2.47. The maximum atomic E-state index is 13.1. The second kappa shape index (κ2) is 11.9. The molecule has 174 valence electrons. The molecular weight excluding hydrogens is 416 g/mol. The van der Waals surface area contributed by atoms with Gasteiger partial charge in [-0.2, -0.15) is 0 Å². The van der Waals surface area contributed by atoms with Crippen molar-refractivity contribution in [3.8, 4) is 5.75 Å². The third kappa shape index (κ3) is 6.58. The highest BCUT2D eigenvalue weighted by atomic mass is 32.1. The number of nitrogens with zero attached hydrogens (tertiary/aromatic N) is 2. The van der Waals surface area contributed by atoms with Gasteiger partial charge in [0.2, 0.25) is 5.91 Å². The molecule has 2 aliphatic rings. The van der Waals surface area contributed by atoms with Crippen molar-refractivity contribution in [1.29, 1.82) is 0 Å². The summed E-state index contributed by atoms with van der Waals surface area (Å²) >= 11 is 1.81. The maximum absolute atomic E-state index is 13.1. The number of hydrogen-bond donors (Lipinski definition) is 0. The molecule has 1 saturated carbocycles. The number of amides is 1. The van der Waals surface area contributed by atoms with Gasteiger partial charge in [0, 0.05) is 42.9 Å². The molecule has 1 aliphatic heterocycles. The normalized spacial score (nSPS) is 19.9. The first-order valence-corrected chi connectivity index (χ1v) is 13.3. The van der Waals surface area contributed by atoms with Crippen LogP contribution in [0.3, 0.4) is 0 Å². The first-order valence-electron chi connectivity index (χ1n) is 12.4. The zero-order chi connectivity index (χ0) is 22.2. The van der Waals surface area contributed by atoms with Crippen LogP contribution in [0.2, 0.25) is 0 Å². The van der Waals surface area contributed by atoms with Crippen LogP contribution in [-0.4, -0.2) is 41.9 Å². The topological polar surface area (TPSA) is 32.8 Å². The van der Waals surface area contributed by atoms with Crippen molar-refractivity contribution in [2.75, 3.05) is 20.2 Å². The summed E-state index contributed by atoms with van der Waals surface area (Å²) < 4.78 is 6.08. The summed E-state index contributed by atoms with van der Waals surface area (Å²) in [6, 6.07) is 13.1. The van der Waals surface area contributed by atoms with Gasteiger partial charge in [0.25, 0.3) is 0 Å². The van der Waals surface area contributed by atoms with E-state index >= 15 is 0 Å². The van der Waals surface area contributed by atoms with Crippen LogP contribution < -0.4 is 4.74 Å². The Bertz CT molecular complexity index is 815. The predicted octanol–water partition coefficient (Wildman–Crippen LogP) is 6.11. The van der Waals surface area contributed by atoms with E-state index in [1.807, 2.05) is 11.3 Å². The van der Waals surface area contributed by atoms with Crippen LogP contribution in [-0.2, 0) is 17.9 Å². The smallest absolute Gasteiger partial charge is 0.225 e. The minimum absolute atomic E-state index is 0.274. The standard InChI is InChI=1S/C27H38N2O2S/c1-28(21-26-11-7-19-32-26)20-22-12-14-25(15-13-22)31-18-16-24-10-5-6-17-29(24)27(30)23-8-3-2-4-9-23/h7,11-15,19,23-24H,2-6,8-10,16-18,20-21H2,1H3. The number of carbonyl (C=O) groups is 1. The van der Waals surface area contributed by atoms with Gasteiger partial charge in [0.1, 0.15) is 5.75 Å². The van der Waals surface area contributed by atoms with Crippen LogP contribution in [0.5, 0.6) is 5.75 Å².